The largest absolute Gasteiger partial charge is 0.399 e. The Morgan fingerprint density at radius 1 is 0.913 bits per heavy atom. The number of epoxide rings is 1. The van der Waals surface area contributed by atoms with Crippen LogP contribution >= 0.6 is 0 Å². The maximum atomic E-state index is 5.74. The van der Waals surface area contributed by atoms with Crippen LogP contribution < -0.4 is 0 Å². The van der Waals surface area contributed by atoms with Crippen LogP contribution in [0.25, 0.3) is 0 Å². The van der Waals surface area contributed by atoms with Crippen molar-refractivity contribution in [3.05, 3.63) is 0 Å². The highest BCUT2D eigenvalue weighted by Gasteiger charge is 2.41. The molecule has 0 spiro atoms. The lowest BCUT2D eigenvalue weighted by Crippen LogP contribution is -2.59. The molecule has 0 aromatic rings. The summed E-state index contributed by atoms with van der Waals surface area (Å²) in [6.45, 7) is 6.20. The molecule has 1 rings (SSSR count). The van der Waals surface area contributed by atoms with Gasteiger partial charge in [0.1, 0.15) is 0 Å². The summed E-state index contributed by atoms with van der Waals surface area (Å²) in [5.74, 6) is 0. The number of nitrogens with zero attached hydrogens (tertiary/aromatic N) is 1. The maximum absolute atomic E-state index is 5.74. The van der Waals surface area contributed by atoms with Crippen molar-refractivity contribution in [2.45, 2.75) is 57.0 Å². The molecular formula is C15H35NO5Si2. The van der Waals surface area contributed by atoms with Gasteiger partial charge in [0.25, 0.3) is 0 Å². The van der Waals surface area contributed by atoms with Crippen LogP contribution in [0.15, 0.2) is 0 Å². The van der Waals surface area contributed by atoms with E-state index >= 15 is 0 Å². The number of rotatable bonds is 14. The second-order valence-corrected chi connectivity index (χ2v) is 10.9. The van der Waals surface area contributed by atoms with Gasteiger partial charge in [-0.3, -0.25) is 4.90 Å². The predicted octanol–water partition coefficient (Wildman–Crippen LogP) is 1.13. The molecule has 0 bridgehead atoms. The van der Waals surface area contributed by atoms with Crippen LogP contribution in [0.2, 0.25) is 0 Å². The van der Waals surface area contributed by atoms with Crippen LogP contribution in [0.4, 0.5) is 0 Å². The van der Waals surface area contributed by atoms with Gasteiger partial charge in [0.2, 0.25) is 0 Å². The highest BCUT2D eigenvalue weighted by atomic mass is 28.3. The quantitative estimate of drug-likeness (QED) is 0.340. The lowest BCUT2D eigenvalue weighted by Gasteiger charge is -2.41. The lowest BCUT2D eigenvalue weighted by atomic mass is 10.2. The molecule has 1 fully saturated rings. The first kappa shape index (κ1) is 21.2. The molecule has 0 aromatic carbocycles. The van der Waals surface area contributed by atoms with Gasteiger partial charge >= 0.3 is 18.6 Å². The summed E-state index contributed by atoms with van der Waals surface area (Å²) in [6.07, 6.45) is 4.68. The average Bonchev–Trinajstić information content (AvgIpc) is 3.37. The van der Waals surface area contributed by atoms with Crippen molar-refractivity contribution in [3.8, 4) is 0 Å². The zero-order valence-electron chi connectivity index (χ0n) is 15.6. The van der Waals surface area contributed by atoms with Crippen molar-refractivity contribution in [2.75, 3.05) is 41.6 Å². The fraction of sp³-hybridized carbons (Fsp3) is 1.00. The minimum atomic E-state index is -1.78. The van der Waals surface area contributed by atoms with Crippen molar-refractivity contribution >= 4 is 18.6 Å². The molecule has 8 heteroatoms. The summed E-state index contributed by atoms with van der Waals surface area (Å²) in [7, 11) is 3.52. The van der Waals surface area contributed by atoms with E-state index in [-0.39, 0.29) is 0 Å². The van der Waals surface area contributed by atoms with Crippen LogP contribution in [0.5, 0.6) is 0 Å². The van der Waals surface area contributed by atoms with E-state index in [4.69, 9.17) is 22.4 Å². The second-order valence-electron chi connectivity index (χ2n) is 6.04. The molecule has 1 saturated heterocycles. The van der Waals surface area contributed by atoms with Gasteiger partial charge in [0.15, 0.2) is 0 Å². The van der Waals surface area contributed by atoms with Crippen molar-refractivity contribution < 1.29 is 22.4 Å². The van der Waals surface area contributed by atoms with E-state index in [1.54, 1.807) is 28.4 Å². The summed E-state index contributed by atoms with van der Waals surface area (Å²) in [4.78, 5) is 2.54. The average molecular weight is 366 g/mol. The molecule has 23 heavy (non-hydrogen) atoms. The van der Waals surface area contributed by atoms with Gasteiger partial charge in [-0.25, -0.2) is 0 Å². The van der Waals surface area contributed by atoms with Crippen molar-refractivity contribution in [1.82, 2.24) is 4.90 Å². The summed E-state index contributed by atoms with van der Waals surface area (Å²) >= 11 is 0. The minimum absolute atomic E-state index is 0.316. The molecule has 0 radical (unpaired) electrons. The first-order valence-electron chi connectivity index (χ1n) is 8.65. The Labute approximate surface area is 145 Å². The van der Waals surface area contributed by atoms with Crippen LogP contribution in [0, 0.1) is 0 Å². The normalized spacial score (nSPS) is 20.5. The third-order valence-corrected chi connectivity index (χ3v) is 8.94. The van der Waals surface area contributed by atoms with Crippen LogP contribution in [-0.4, -0.2) is 82.5 Å². The van der Waals surface area contributed by atoms with Crippen LogP contribution in [0.3, 0.4) is 0 Å². The first-order chi connectivity index (χ1) is 11.2. The fourth-order valence-corrected chi connectivity index (χ4v) is 7.62. The van der Waals surface area contributed by atoms with Gasteiger partial charge in [0.05, 0.1) is 24.0 Å². The van der Waals surface area contributed by atoms with E-state index in [0.29, 0.717) is 17.4 Å². The zero-order chi connectivity index (χ0) is 17.2. The molecule has 1 aliphatic heterocycles. The molecule has 0 aliphatic carbocycles. The topological polar surface area (TPSA) is 52.7 Å². The minimum Gasteiger partial charge on any atom is -0.399 e. The summed E-state index contributed by atoms with van der Waals surface area (Å²) in [6, 6.07) is 0. The van der Waals surface area contributed by atoms with Crippen molar-refractivity contribution in [3.63, 3.8) is 0 Å². The smallest absolute Gasteiger partial charge is 0.338 e. The van der Waals surface area contributed by atoms with Gasteiger partial charge < -0.3 is 22.4 Å². The van der Waals surface area contributed by atoms with Crippen LogP contribution in [0.1, 0.15) is 39.5 Å². The Bertz CT molecular complexity index is 280. The summed E-state index contributed by atoms with van der Waals surface area (Å²) < 4.78 is 28.5. The Morgan fingerprint density at radius 3 is 1.57 bits per heavy atom. The third kappa shape index (κ3) is 6.54. The molecule has 0 amide bonds. The SMILES string of the molecule is CCCC(N(CC1CO1)C(CCC)[SiH](OC)OC)[SiH](OC)OC. The molecule has 0 saturated carbocycles. The Balaban J connectivity index is 3.03. The standard InChI is InChI=1S/C15H35NO5Si2/c1-7-9-14(22(17-3)18-4)16(11-13-12-21-13)15(10-8-2)23(19-5)20-6/h13-15,22-23H,7-12H2,1-6H3. The highest BCUT2D eigenvalue weighted by Crippen LogP contribution is 2.24. The number of ether oxygens (including phenoxy) is 1. The van der Waals surface area contributed by atoms with E-state index in [0.717, 1.165) is 38.8 Å². The molecule has 1 aliphatic rings. The van der Waals surface area contributed by atoms with Crippen LogP contribution in [-0.2, 0) is 22.4 Å². The Kier molecular flexibility index (Phi) is 10.8. The molecule has 138 valence electrons. The van der Waals surface area contributed by atoms with Gasteiger partial charge in [-0.1, -0.05) is 26.7 Å². The second kappa shape index (κ2) is 11.7. The van der Waals surface area contributed by atoms with E-state index in [1.807, 2.05) is 0 Å². The number of hydrogen-bond acceptors (Lipinski definition) is 6. The summed E-state index contributed by atoms with van der Waals surface area (Å²) in [5, 5.41) is 0. The molecule has 3 atom stereocenters. The summed E-state index contributed by atoms with van der Waals surface area (Å²) in [5.41, 5.74) is 0.632. The van der Waals surface area contributed by atoms with E-state index < -0.39 is 18.6 Å². The monoisotopic (exact) mass is 365 g/mol. The van der Waals surface area contributed by atoms with E-state index in [9.17, 15) is 0 Å². The van der Waals surface area contributed by atoms with Crippen molar-refractivity contribution in [2.24, 2.45) is 0 Å². The number of hydrogen-bond donors (Lipinski definition) is 0. The molecule has 6 nitrogen and oxygen atoms in total. The maximum Gasteiger partial charge on any atom is 0.338 e. The van der Waals surface area contributed by atoms with Crippen molar-refractivity contribution in [1.29, 1.82) is 0 Å². The van der Waals surface area contributed by atoms with Gasteiger partial charge in [-0.05, 0) is 12.8 Å². The Hall–Kier alpha value is 0.194. The first-order valence-corrected chi connectivity index (χ1v) is 11.9. The fourth-order valence-electron chi connectivity index (χ4n) is 3.25. The van der Waals surface area contributed by atoms with E-state index in [2.05, 4.69) is 18.7 Å². The third-order valence-electron chi connectivity index (χ3n) is 4.40. The Morgan fingerprint density at radius 2 is 1.30 bits per heavy atom. The predicted molar refractivity (Wildman–Crippen MR) is 96.2 cm³/mol. The highest BCUT2D eigenvalue weighted by molar-refractivity contribution is 6.48. The molecule has 1 heterocycles. The lowest BCUT2D eigenvalue weighted by molar-refractivity contribution is 0.118. The zero-order valence-corrected chi connectivity index (χ0v) is 17.9. The molecule has 0 aromatic heterocycles. The van der Waals surface area contributed by atoms with Gasteiger partial charge in [-0.2, -0.15) is 0 Å². The molecular weight excluding hydrogens is 330 g/mol. The van der Waals surface area contributed by atoms with Gasteiger partial charge in [-0.15, -0.1) is 0 Å². The molecule has 3 unspecified atom stereocenters. The molecule has 0 N–H and O–H groups in total. The van der Waals surface area contributed by atoms with Gasteiger partial charge in [0, 0.05) is 35.0 Å². The van der Waals surface area contributed by atoms with E-state index in [1.165, 1.54) is 0 Å².